The van der Waals surface area contributed by atoms with Gasteiger partial charge in [0.2, 0.25) is 0 Å². The number of carbonyl (C=O) groups excluding carboxylic acids is 2. The molecule has 0 radical (unpaired) electrons. The summed E-state index contributed by atoms with van der Waals surface area (Å²) in [4.78, 5) is 24.8. The van der Waals surface area contributed by atoms with Crippen molar-refractivity contribution in [2.45, 2.75) is 110 Å². The number of aliphatic hydroxyl groups excluding tert-OH is 1. The van der Waals surface area contributed by atoms with Crippen molar-refractivity contribution in [2.24, 2.45) is 5.92 Å². The summed E-state index contributed by atoms with van der Waals surface area (Å²) in [6, 6.07) is 7.54. The number of carbonyl (C=O) groups is 2. The Morgan fingerprint density at radius 2 is 1.47 bits per heavy atom. The third kappa shape index (κ3) is 9.45. The van der Waals surface area contributed by atoms with Crippen LogP contribution in [-0.4, -0.2) is 31.7 Å². The van der Waals surface area contributed by atoms with Crippen molar-refractivity contribution in [1.29, 1.82) is 0 Å². The summed E-state index contributed by atoms with van der Waals surface area (Å²) >= 11 is 0. The summed E-state index contributed by atoms with van der Waals surface area (Å²) in [7, 11) is -2.34. The molecule has 0 amide bonds. The fourth-order valence-electron chi connectivity index (χ4n) is 6.56. The SMILES string of the molecule is C=C(C)C(=O)OCc1cc(-c2ccc(C3CCC(CCCC)CC3)c(F)c2F)cc(COC(=O)C(=C)C)c1[Si](C)(C)CCCO. The van der Waals surface area contributed by atoms with E-state index in [0.29, 0.717) is 40.6 Å². The maximum absolute atomic E-state index is 16.0. The molecule has 0 spiro atoms. The quantitative estimate of drug-likeness (QED) is 0.120. The molecule has 246 valence electrons. The highest BCUT2D eigenvalue weighted by atomic mass is 28.3. The summed E-state index contributed by atoms with van der Waals surface area (Å²) < 4.78 is 42.9. The minimum Gasteiger partial charge on any atom is -0.457 e. The molecule has 1 saturated carbocycles. The third-order valence-electron chi connectivity index (χ3n) is 9.03. The Hall–Kier alpha value is -3.10. The van der Waals surface area contributed by atoms with Crippen molar-refractivity contribution in [1.82, 2.24) is 0 Å². The zero-order chi connectivity index (χ0) is 33.3. The Morgan fingerprint density at radius 1 is 0.911 bits per heavy atom. The predicted octanol–water partition coefficient (Wildman–Crippen LogP) is 8.63. The van der Waals surface area contributed by atoms with Crippen molar-refractivity contribution < 1.29 is 33.0 Å². The van der Waals surface area contributed by atoms with Crippen molar-refractivity contribution in [3.63, 3.8) is 0 Å². The minimum absolute atomic E-state index is 0.0126. The normalized spacial score (nSPS) is 16.7. The van der Waals surface area contributed by atoms with Crippen LogP contribution in [0.5, 0.6) is 0 Å². The molecule has 1 N–H and O–H groups in total. The fourth-order valence-corrected chi connectivity index (χ4v) is 9.88. The Bertz CT molecular complexity index is 1340. The van der Waals surface area contributed by atoms with E-state index in [-0.39, 0.29) is 42.4 Å². The lowest BCUT2D eigenvalue weighted by atomic mass is 9.76. The number of aliphatic hydroxyl groups is 1. The molecule has 1 fully saturated rings. The largest absolute Gasteiger partial charge is 0.457 e. The van der Waals surface area contributed by atoms with Gasteiger partial charge in [-0.2, -0.15) is 0 Å². The average Bonchev–Trinajstić information content (AvgIpc) is 3.01. The monoisotopic (exact) mass is 640 g/mol. The van der Waals surface area contributed by atoms with Gasteiger partial charge >= 0.3 is 11.9 Å². The molecule has 0 saturated heterocycles. The van der Waals surface area contributed by atoms with Gasteiger partial charge in [0.15, 0.2) is 11.6 Å². The molecule has 3 rings (SSSR count). The van der Waals surface area contributed by atoms with Crippen molar-refractivity contribution in [3.05, 3.63) is 76.9 Å². The Kier molecular flexibility index (Phi) is 13.3. The van der Waals surface area contributed by atoms with Crippen LogP contribution < -0.4 is 5.19 Å². The molecular weight excluding hydrogens is 590 g/mol. The highest BCUT2D eigenvalue weighted by Gasteiger charge is 2.31. The van der Waals surface area contributed by atoms with Crippen LogP contribution in [0.4, 0.5) is 8.78 Å². The molecule has 0 aromatic heterocycles. The van der Waals surface area contributed by atoms with E-state index in [4.69, 9.17) is 9.47 Å². The number of hydrogen-bond acceptors (Lipinski definition) is 5. The lowest BCUT2D eigenvalue weighted by molar-refractivity contribution is -0.140. The summed E-state index contributed by atoms with van der Waals surface area (Å²) in [5.41, 5.74) is 2.66. The maximum Gasteiger partial charge on any atom is 0.333 e. The lowest BCUT2D eigenvalue weighted by Crippen LogP contribution is -2.46. The van der Waals surface area contributed by atoms with E-state index in [1.807, 2.05) is 0 Å². The van der Waals surface area contributed by atoms with Gasteiger partial charge in [0.25, 0.3) is 0 Å². The van der Waals surface area contributed by atoms with Gasteiger partial charge in [0.1, 0.15) is 13.2 Å². The zero-order valence-electron chi connectivity index (χ0n) is 27.7. The van der Waals surface area contributed by atoms with Crippen molar-refractivity contribution in [2.75, 3.05) is 6.61 Å². The first-order chi connectivity index (χ1) is 21.3. The topological polar surface area (TPSA) is 72.8 Å². The molecule has 0 atom stereocenters. The van der Waals surface area contributed by atoms with Gasteiger partial charge in [-0.3, -0.25) is 0 Å². The van der Waals surface area contributed by atoms with E-state index < -0.39 is 31.6 Å². The second-order valence-corrected chi connectivity index (χ2v) is 18.1. The Balaban J connectivity index is 2.10. The number of rotatable bonds is 15. The first-order valence-electron chi connectivity index (χ1n) is 16.2. The van der Waals surface area contributed by atoms with Crippen LogP contribution in [0.15, 0.2) is 48.6 Å². The van der Waals surface area contributed by atoms with Crippen molar-refractivity contribution >= 4 is 25.2 Å². The fraction of sp³-hybridized carbons (Fsp3) is 0.514. The van der Waals surface area contributed by atoms with Gasteiger partial charge in [0.05, 0.1) is 8.07 Å². The minimum atomic E-state index is -2.34. The van der Waals surface area contributed by atoms with Crippen LogP contribution in [0.3, 0.4) is 0 Å². The molecule has 0 bridgehead atoms. The van der Waals surface area contributed by atoms with Gasteiger partial charge in [-0.15, -0.1) is 0 Å². The van der Waals surface area contributed by atoms with Gasteiger partial charge in [0, 0.05) is 23.3 Å². The number of esters is 2. The Labute approximate surface area is 268 Å². The first kappa shape index (κ1) is 36.4. The number of hydrogen-bond donors (Lipinski definition) is 1. The van der Waals surface area contributed by atoms with E-state index in [0.717, 1.165) is 30.9 Å². The predicted molar refractivity (Wildman–Crippen MR) is 179 cm³/mol. The molecule has 8 heteroatoms. The third-order valence-corrected chi connectivity index (χ3v) is 12.6. The average molecular weight is 641 g/mol. The van der Waals surface area contributed by atoms with Crippen LogP contribution in [0.25, 0.3) is 11.1 Å². The summed E-state index contributed by atoms with van der Waals surface area (Å²) in [6.45, 7) is 16.7. The molecule has 0 aliphatic heterocycles. The smallest absolute Gasteiger partial charge is 0.333 e. The van der Waals surface area contributed by atoms with Gasteiger partial charge in [-0.25, -0.2) is 18.4 Å². The van der Waals surface area contributed by atoms with Crippen LogP contribution in [-0.2, 0) is 32.3 Å². The van der Waals surface area contributed by atoms with E-state index in [1.54, 1.807) is 38.1 Å². The number of halogens is 2. The van der Waals surface area contributed by atoms with E-state index in [9.17, 15) is 14.7 Å². The van der Waals surface area contributed by atoms with Gasteiger partial charge in [-0.05, 0) is 97.4 Å². The molecule has 2 aromatic carbocycles. The van der Waals surface area contributed by atoms with Crippen LogP contribution in [0.2, 0.25) is 19.1 Å². The number of benzene rings is 2. The summed E-state index contributed by atoms with van der Waals surface area (Å²) in [5.74, 6) is -2.23. The molecule has 0 heterocycles. The molecule has 5 nitrogen and oxygen atoms in total. The summed E-state index contributed by atoms with van der Waals surface area (Å²) in [5, 5.41) is 10.5. The maximum atomic E-state index is 16.0. The molecule has 1 aliphatic carbocycles. The molecule has 45 heavy (non-hydrogen) atoms. The van der Waals surface area contributed by atoms with Gasteiger partial charge < -0.3 is 14.6 Å². The Morgan fingerprint density at radius 3 is 1.96 bits per heavy atom. The van der Waals surface area contributed by atoms with E-state index in [1.165, 1.54) is 19.3 Å². The van der Waals surface area contributed by atoms with Crippen LogP contribution >= 0.6 is 0 Å². The molecule has 2 aromatic rings. The first-order valence-corrected chi connectivity index (χ1v) is 19.4. The van der Waals surface area contributed by atoms with Crippen LogP contribution in [0, 0.1) is 17.6 Å². The lowest BCUT2D eigenvalue weighted by Gasteiger charge is -2.30. The van der Waals surface area contributed by atoms with Crippen LogP contribution in [0.1, 0.15) is 94.7 Å². The van der Waals surface area contributed by atoms with E-state index in [2.05, 4.69) is 33.2 Å². The highest BCUT2D eigenvalue weighted by molar-refractivity contribution is 6.90. The second kappa shape index (κ2) is 16.5. The number of ether oxygens (including phenoxy) is 2. The number of unbranched alkanes of at least 4 members (excludes halogenated alkanes) is 1. The van der Waals surface area contributed by atoms with Gasteiger partial charge in [-0.1, -0.05) is 70.6 Å². The highest BCUT2D eigenvalue weighted by Crippen LogP contribution is 2.40. The molecular formula is C37H50F2O5Si. The van der Waals surface area contributed by atoms with Crippen molar-refractivity contribution in [3.8, 4) is 11.1 Å². The standard InChI is InChI=1S/C37H50F2O5Si/c1-8-9-11-26-12-14-27(15-13-26)31-16-17-32(34(39)33(31)38)28-20-29(22-43-36(41)24(2)3)35(45(6,7)19-10-18-40)30(21-28)23-44-37(42)25(4)5/h16-17,20-21,26-27,40H,2,4,8-15,18-19,22-23H2,1,3,5-7H3. The van der Waals surface area contributed by atoms with E-state index >= 15 is 8.78 Å². The zero-order valence-corrected chi connectivity index (χ0v) is 28.7. The summed E-state index contributed by atoms with van der Waals surface area (Å²) in [6.07, 6.45) is 7.90. The molecule has 1 aliphatic rings. The second-order valence-electron chi connectivity index (χ2n) is 13.3. The molecule has 0 unspecified atom stereocenters.